The van der Waals surface area contributed by atoms with Gasteiger partial charge in [0.1, 0.15) is 10.3 Å². The molecule has 0 saturated carbocycles. The third kappa shape index (κ3) is 1.79. The zero-order chi connectivity index (χ0) is 11.7. The average molecular weight is 282 g/mol. The lowest BCUT2D eigenvalue weighted by Crippen LogP contribution is -1.76. The standard InChI is InChI=1S/C15H8BrN/c16-15-14(11-7-3-1-4-8-11)12-9-5-2-6-10-13(12)17-15/h1-5,7-9H. The molecule has 1 aliphatic carbocycles. The first kappa shape index (κ1) is 10.3. The Balaban J connectivity index is 2.30. The molecule has 1 aliphatic heterocycles. The van der Waals surface area contributed by atoms with E-state index in [-0.39, 0.29) is 0 Å². The highest BCUT2D eigenvalue weighted by Crippen LogP contribution is 2.38. The molecule has 0 atom stereocenters. The maximum Gasteiger partial charge on any atom is 0.122 e. The lowest BCUT2D eigenvalue weighted by molar-refractivity contribution is 1.37. The minimum absolute atomic E-state index is 0.834. The van der Waals surface area contributed by atoms with E-state index in [0.717, 1.165) is 27.0 Å². The molecule has 2 aliphatic rings. The summed E-state index contributed by atoms with van der Waals surface area (Å²) >= 11 is 3.52. The number of hydrogen-bond acceptors (Lipinski definition) is 1. The number of benzene rings is 1. The smallest absolute Gasteiger partial charge is 0.122 e. The number of halogens is 1. The van der Waals surface area contributed by atoms with Gasteiger partial charge in [-0.2, -0.15) is 0 Å². The molecule has 17 heavy (non-hydrogen) atoms. The normalized spacial score (nSPS) is 10.2. The summed E-state index contributed by atoms with van der Waals surface area (Å²) in [5.41, 5.74) is 4.19. The van der Waals surface area contributed by atoms with Gasteiger partial charge in [0, 0.05) is 11.1 Å². The average Bonchev–Trinajstić information content (AvgIpc) is 2.52. The van der Waals surface area contributed by atoms with Crippen LogP contribution in [0, 0.1) is 12.1 Å². The van der Waals surface area contributed by atoms with Crippen LogP contribution in [0.2, 0.25) is 0 Å². The topological polar surface area (TPSA) is 12.9 Å². The van der Waals surface area contributed by atoms with Crippen LogP contribution in [0.1, 0.15) is 0 Å². The fraction of sp³-hybridized carbons (Fsp3) is 0. The van der Waals surface area contributed by atoms with Crippen molar-refractivity contribution >= 4 is 15.9 Å². The van der Waals surface area contributed by atoms with Crippen LogP contribution in [-0.4, -0.2) is 4.98 Å². The molecule has 0 radical (unpaired) electrons. The number of rotatable bonds is 1. The Morgan fingerprint density at radius 3 is 2.65 bits per heavy atom. The molecule has 0 spiro atoms. The molecule has 2 heteroatoms. The zero-order valence-corrected chi connectivity index (χ0v) is 10.5. The van der Waals surface area contributed by atoms with E-state index in [0.29, 0.717) is 0 Å². The lowest BCUT2D eigenvalue weighted by atomic mass is 10.0. The molecule has 1 aromatic carbocycles. The molecule has 0 N–H and O–H groups in total. The Morgan fingerprint density at radius 2 is 1.82 bits per heavy atom. The molecule has 1 heterocycles. The first-order chi connectivity index (χ1) is 8.36. The Morgan fingerprint density at radius 1 is 1.00 bits per heavy atom. The summed E-state index contributed by atoms with van der Waals surface area (Å²) in [4.78, 5) is 4.46. The van der Waals surface area contributed by atoms with E-state index in [1.807, 2.05) is 36.4 Å². The monoisotopic (exact) mass is 281 g/mol. The second-order valence-electron chi connectivity index (χ2n) is 3.70. The fourth-order valence-electron chi connectivity index (χ4n) is 1.88. The lowest BCUT2D eigenvalue weighted by Gasteiger charge is -2.00. The van der Waals surface area contributed by atoms with Gasteiger partial charge in [-0.1, -0.05) is 48.5 Å². The van der Waals surface area contributed by atoms with Crippen molar-refractivity contribution in [2.24, 2.45) is 0 Å². The second-order valence-corrected chi connectivity index (χ2v) is 4.45. The molecule has 0 fully saturated rings. The van der Waals surface area contributed by atoms with E-state index in [1.165, 1.54) is 0 Å². The van der Waals surface area contributed by atoms with Gasteiger partial charge in [-0.3, -0.25) is 0 Å². The van der Waals surface area contributed by atoms with Gasteiger partial charge in [-0.05, 0) is 33.6 Å². The molecule has 1 aromatic rings. The van der Waals surface area contributed by atoms with Crippen LogP contribution in [0.4, 0.5) is 0 Å². The predicted octanol–water partition coefficient (Wildman–Crippen LogP) is 4.22. The Hall–Kier alpha value is -1.85. The molecule has 0 saturated heterocycles. The fourth-order valence-corrected chi connectivity index (χ4v) is 2.50. The number of fused-ring (bicyclic) bond motifs is 1. The number of nitrogens with zero attached hydrogens (tertiary/aromatic N) is 1. The SMILES string of the molecule is Brc1nc2c#ccccc-2c1-c1ccccc1. The Kier molecular flexibility index (Phi) is 2.55. The summed E-state index contributed by atoms with van der Waals surface area (Å²) in [6.45, 7) is 0. The van der Waals surface area contributed by atoms with E-state index in [1.54, 1.807) is 0 Å². The summed E-state index contributed by atoms with van der Waals surface area (Å²) in [5.74, 6) is 0. The highest BCUT2D eigenvalue weighted by molar-refractivity contribution is 9.10. The minimum atomic E-state index is 0.834. The minimum Gasteiger partial charge on any atom is -0.231 e. The quantitative estimate of drug-likeness (QED) is 0.651. The largest absolute Gasteiger partial charge is 0.231 e. The highest BCUT2D eigenvalue weighted by atomic mass is 79.9. The first-order valence-electron chi connectivity index (χ1n) is 5.29. The van der Waals surface area contributed by atoms with Gasteiger partial charge < -0.3 is 0 Å². The van der Waals surface area contributed by atoms with Gasteiger partial charge in [0.15, 0.2) is 0 Å². The van der Waals surface area contributed by atoms with E-state index < -0.39 is 0 Å². The van der Waals surface area contributed by atoms with Crippen molar-refractivity contribution in [3.05, 3.63) is 65.3 Å². The van der Waals surface area contributed by atoms with Crippen LogP contribution in [0.5, 0.6) is 0 Å². The van der Waals surface area contributed by atoms with Gasteiger partial charge in [0.05, 0.1) is 0 Å². The van der Waals surface area contributed by atoms with Crippen molar-refractivity contribution in [1.29, 1.82) is 0 Å². The maximum absolute atomic E-state index is 4.46. The van der Waals surface area contributed by atoms with Gasteiger partial charge in [0.25, 0.3) is 0 Å². The summed E-state index contributed by atoms with van der Waals surface area (Å²) in [6.07, 6.45) is 0. The molecule has 0 unspecified atom stereocenters. The van der Waals surface area contributed by atoms with E-state index >= 15 is 0 Å². The molecule has 0 amide bonds. The third-order valence-corrected chi connectivity index (χ3v) is 3.21. The maximum atomic E-state index is 4.46. The van der Waals surface area contributed by atoms with Crippen molar-refractivity contribution in [2.45, 2.75) is 0 Å². The molecule has 3 rings (SSSR count). The van der Waals surface area contributed by atoms with Crippen molar-refractivity contribution in [3.8, 4) is 22.4 Å². The van der Waals surface area contributed by atoms with Crippen LogP contribution in [-0.2, 0) is 0 Å². The highest BCUT2D eigenvalue weighted by Gasteiger charge is 2.16. The van der Waals surface area contributed by atoms with Crippen LogP contribution in [0.25, 0.3) is 22.4 Å². The van der Waals surface area contributed by atoms with Crippen LogP contribution in [0.15, 0.2) is 53.1 Å². The van der Waals surface area contributed by atoms with Crippen LogP contribution in [0.3, 0.4) is 0 Å². The molecule has 0 bridgehead atoms. The van der Waals surface area contributed by atoms with Crippen molar-refractivity contribution in [1.82, 2.24) is 4.98 Å². The summed E-state index contributed by atoms with van der Waals surface area (Å²) in [7, 11) is 0. The molecular weight excluding hydrogens is 274 g/mol. The third-order valence-electron chi connectivity index (χ3n) is 2.64. The van der Waals surface area contributed by atoms with Crippen molar-refractivity contribution in [3.63, 3.8) is 0 Å². The van der Waals surface area contributed by atoms with Crippen molar-refractivity contribution in [2.75, 3.05) is 0 Å². The number of aromatic nitrogens is 1. The summed E-state index contributed by atoms with van der Waals surface area (Å²) in [6, 6.07) is 22.1. The van der Waals surface area contributed by atoms with E-state index in [4.69, 9.17) is 0 Å². The first-order valence-corrected chi connectivity index (χ1v) is 6.08. The van der Waals surface area contributed by atoms with Gasteiger partial charge in [-0.25, -0.2) is 4.98 Å². The zero-order valence-electron chi connectivity index (χ0n) is 8.94. The molecule has 80 valence electrons. The van der Waals surface area contributed by atoms with Crippen LogP contribution >= 0.6 is 15.9 Å². The summed E-state index contributed by atoms with van der Waals surface area (Å²) < 4.78 is 0.856. The molecule has 1 nitrogen and oxygen atoms in total. The predicted molar refractivity (Wildman–Crippen MR) is 71.7 cm³/mol. The second kappa shape index (κ2) is 4.20. The Bertz CT molecular complexity index is 619. The Labute approximate surface area is 109 Å². The van der Waals surface area contributed by atoms with Crippen LogP contribution < -0.4 is 0 Å². The molecular formula is C15H8BrN. The van der Waals surface area contributed by atoms with E-state index in [2.05, 4.69) is 45.2 Å². The summed E-state index contributed by atoms with van der Waals surface area (Å²) in [5, 5.41) is 0. The van der Waals surface area contributed by atoms with E-state index in [9.17, 15) is 0 Å². The van der Waals surface area contributed by atoms with Gasteiger partial charge >= 0.3 is 0 Å². The molecule has 0 aromatic heterocycles. The van der Waals surface area contributed by atoms with Gasteiger partial charge in [-0.15, -0.1) is 0 Å². The number of hydrogen-bond donors (Lipinski definition) is 0. The van der Waals surface area contributed by atoms with Gasteiger partial charge in [0.2, 0.25) is 0 Å². The van der Waals surface area contributed by atoms with Crippen molar-refractivity contribution < 1.29 is 0 Å².